The van der Waals surface area contributed by atoms with E-state index in [9.17, 15) is 9.59 Å². The summed E-state index contributed by atoms with van der Waals surface area (Å²) in [4.78, 5) is 25.7. The largest absolute Gasteiger partial charge is 0.441 e. The van der Waals surface area contributed by atoms with E-state index in [-0.39, 0.29) is 11.8 Å². The number of cyclic esters (lactones) is 1. The Morgan fingerprint density at radius 1 is 1.43 bits per heavy atom. The number of ether oxygens (including phenoxy) is 1. The Labute approximate surface area is 125 Å². The lowest BCUT2D eigenvalue weighted by molar-refractivity contribution is -0.132. The van der Waals surface area contributed by atoms with Gasteiger partial charge in [0.25, 0.3) is 0 Å². The van der Waals surface area contributed by atoms with Crippen molar-refractivity contribution in [1.29, 1.82) is 0 Å². The topological polar surface area (TPSA) is 46.6 Å². The number of imide groups is 1. The highest BCUT2D eigenvalue weighted by molar-refractivity contribution is 5.94. The monoisotopic (exact) mass is 287 g/mol. The Hall–Kier alpha value is -2.10. The lowest BCUT2D eigenvalue weighted by Gasteiger charge is -2.20. The van der Waals surface area contributed by atoms with Crippen LogP contribution in [0.5, 0.6) is 0 Å². The third kappa shape index (κ3) is 3.72. The zero-order valence-corrected chi connectivity index (χ0v) is 12.5. The molecule has 0 bridgehead atoms. The summed E-state index contributed by atoms with van der Waals surface area (Å²) in [5.41, 5.74) is 0.461. The molecule has 1 unspecified atom stereocenters. The van der Waals surface area contributed by atoms with Gasteiger partial charge in [-0.15, -0.1) is 6.58 Å². The Balaban J connectivity index is 2.13. The Kier molecular flexibility index (Phi) is 4.46. The number of hydrogen-bond donors (Lipinski definition) is 0. The fourth-order valence-electron chi connectivity index (χ4n) is 2.53. The van der Waals surface area contributed by atoms with Crippen molar-refractivity contribution >= 4 is 12.0 Å². The molecule has 1 saturated heterocycles. The summed E-state index contributed by atoms with van der Waals surface area (Å²) in [6.07, 6.45) is 2.30. The van der Waals surface area contributed by atoms with Crippen LogP contribution in [0.4, 0.5) is 4.79 Å². The highest BCUT2D eigenvalue weighted by Crippen LogP contribution is 2.25. The van der Waals surface area contributed by atoms with Crippen molar-refractivity contribution in [1.82, 2.24) is 4.90 Å². The van der Waals surface area contributed by atoms with Crippen molar-refractivity contribution < 1.29 is 14.3 Å². The molecule has 1 aliphatic rings. The fourth-order valence-corrected chi connectivity index (χ4v) is 2.53. The van der Waals surface area contributed by atoms with Gasteiger partial charge in [0, 0.05) is 5.92 Å². The summed E-state index contributed by atoms with van der Waals surface area (Å²) in [7, 11) is 0. The smallest absolute Gasteiger partial charge is 0.417 e. The van der Waals surface area contributed by atoms with Gasteiger partial charge in [-0.3, -0.25) is 4.79 Å². The van der Waals surface area contributed by atoms with Crippen molar-refractivity contribution in [2.24, 2.45) is 5.92 Å². The van der Waals surface area contributed by atoms with Crippen LogP contribution in [0.25, 0.3) is 0 Å². The number of allylic oxidation sites excluding steroid dienone is 1. The van der Waals surface area contributed by atoms with E-state index in [2.05, 4.69) is 6.58 Å². The van der Waals surface area contributed by atoms with E-state index >= 15 is 0 Å². The van der Waals surface area contributed by atoms with Gasteiger partial charge < -0.3 is 4.74 Å². The maximum atomic E-state index is 12.6. The van der Waals surface area contributed by atoms with Crippen LogP contribution < -0.4 is 0 Å². The Morgan fingerprint density at radius 3 is 2.62 bits per heavy atom. The molecule has 2 amide bonds. The van der Waals surface area contributed by atoms with Gasteiger partial charge in [-0.25, -0.2) is 9.69 Å². The van der Waals surface area contributed by atoms with E-state index in [1.807, 2.05) is 30.3 Å². The van der Waals surface area contributed by atoms with Crippen molar-refractivity contribution in [2.45, 2.75) is 32.3 Å². The summed E-state index contributed by atoms with van der Waals surface area (Å²) in [5, 5.41) is 0. The molecule has 0 N–H and O–H groups in total. The first-order valence-electron chi connectivity index (χ1n) is 7.12. The molecule has 4 heteroatoms. The molecular formula is C17H21NO3. The molecule has 2 rings (SSSR count). The fraction of sp³-hybridized carbons (Fsp3) is 0.412. The van der Waals surface area contributed by atoms with Gasteiger partial charge in [0.15, 0.2) is 0 Å². The number of carbonyl (C=O) groups excluding carboxylic acids is 2. The molecule has 1 aromatic rings. The maximum Gasteiger partial charge on any atom is 0.417 e. The third-order valence-electron chi connectivity index (χ3n) is 3.51. The first kappa shape index (κ1) is 15.3. The lowest BCUT2D eigenvalue weighted by Crippen LogP contribution is -2.39. The van der Waals surface area contributed by atoms with Crippen molar-refractivity contribution in [2.75, 3.05) is 6.54 Å². The van der Waals surface area contributed by atoms with E-state index < -0.39 is 11.7 Å². The average molecular weight is 287 g/mol. The molecule has 1 aliphatic heterocycles. The standard InChI is InChI=1S/C17H21NO3/c1-4-8-14(11-13-9-6-5-7-10-13)15(19)18-12-17(2,3)21-16(18)20/h4-7,9-10,14H,1,8,11-12H2,2-3H3. The van der Waals surface area contributed by atoms with Gasteiger partial charge in [0.1, 0.15) is 5.60 Å². The Morgan fingerprint density at radius 2 is 2.10 bits per heavy atom. The second-order valence-corrected chi connectivity index (χ2v) is 5.96. The molecule has 1 aromatic carbocycles. The molecule has 1 heterocycles. The van der Waals surface area contributed by atoms with Gasteiger partial charge >= 0.3 is 6.09 Å². The first-order valence-corrected chi connectivity index (χ1v) is 7.12. The van der Waals surface area contributed by atoms with Gasteiger partial charge in [-0.05, 0) is 32.3 Å². The predicted octanol–water partition coefficient (Wildman–Crippen LogP) is 3.18. The van der Waals surface area contributed by atoms with Crippen LogP contribution >= 0.6 is 0 Å². The molecule has 1 atom stereocenters. The first-order chi connectivity index (χ1) is 9.93. The van der Waals surface area contributed by atoms with Gasteiger partial charge in [-0.2, -0.15) is 0 Å². The zero-order valence-electron chi connectivity index (χ0n) is 12.5. The Bertz CT molecular complexity index is 536. The van der Waals surface area contributed by atoms with Crippen LogP contribution in [0.2, 0.25) is 0 Å². The summed E-state index contributed by atoms with van der Waals surface area (Å²) < 4.78 is 5.20. The minimum Gasteiger partial charge on any atom is -0.441 e. The van der Waals surface area contributed by atoms with Crippen LogP contribution in [-0.2, 0) is 16.0 Å². The molecule has 0 aromatic heterocycles. The molecule has 21 heavy (non-hydrogen) atoms. The van der Waals surface area contributed by atoms with Gasteiger partial charge in [0.2, 0.25) is 5.91 Å². The molecule has 0 saturated carbocycles. The molecule has 4 nitrogen and oxygen atoms in total. The third-order valence-corrected chi connectivity index (χ3v) is 3.51. The van der Waals surface area contributed by atoms with Crippen molar-refractivity contribution in [3.63, 3.8) is 0 Å². The number of amides is 2. The average Bonchev–Trinajstić information content (AvgIpc) is 2.72. The summed E-state index contributed by atoms with van der Waals surface area (Å²) in [6.45, 7) is 7.62. The van der Waals surface area contributed by atoms with Gasteiger partial charge in [-0.1, -0.05) is 36.4 Å². The molecule has 112 valence electrons. The van der Waals surface area contributed by atoms with Crippen LogP contribution in [-0.4, -0.2) is 29.0 Å². The highest BCUT2D eigenvalue weighted by atomic mass is 16.6. The van der Waals surface area contributed by atoms with Gasteiger partial charge in [0.05, 0.1) is 6.54 Å². The normalized spacial score (nSPS) is 18.2. The molecule has 0 radical (unpaired) electrons. The van der Waals surface area contributed by atoms with Crippen molar-refractivity contribution in [3.05, 3.63) is 48.6 Å². The van der Waals surface area contributed by atoms with Crippen LogP contribution in [0, 0.1) is 5.92 Å². The number of nitrogens with zero attached hydrogens (tertiary/aromatic N) is 1. The molecule has 1 fully saturated rings. The minimum atomic E-state index is -0.613. The van der Waals surface area contributed by atoms with Crippen LogP contribution in [0.1, 0.15) is 25.8 Å². The summed E-state index contributed by atoms with van der Waals surface area (Å²) >= 11 is 0. The van der Waals surface area contributed by atoms with E-state index in [1.165, 1.54) is 4.90 Å². The summed E-state index contributed by atoms with van der Waals surface area (Å²) in [5.74, 6) is -0.472. The number of rotatable bonds is 5. The van der Waals surface area contributed by atoms with E-state index in [0.717, 1.165) is 5.56 Å². The maximum absolute atomic E-state index is 12.6. The predicted molar refractivity (Wildman–Crippen MR) is 80.7 cm³/mol. The van der Waals surface area contributed by atoms with E-state index in [0.29, 0.717) is 19.4 Å². The van der Waals surface area contributed by atoms with Crippen LogP contribution in [0.3, 0.4) is 0 Å². The lowest BCUT2D eigenvalue weighted by atomic mass is 9.94. The van der Waals surface area contributed by atoms with E-state index in [1.54, 1.807) is 19.9 Å². The number of benzene rings is 1. The zero-order chi connectivity index (χ0) is 15.5. The van der Waals surface area contributed by atoms with E-state index in [4.69, 9.17) is 4.74 Å². The van der Waals surface area contributed by atoms with Crippen molar-refractivity contribution in [3.8, 4) is 0 Å². The minimum absolute atomic E-state index is 0.186. The summed E-state index contributed by atoms with van der Waals surface area (Å²) in [6, 6.07) is 9.79. The SMILES string of the molecule is C=CCC(Cc1ccccc1)C(=O)N1CC(C)(C)OC1=O. The number of hydrogen-bond acceptors (Lipinski definition) is 3. The highest BCUT2D eigenvalue weighted by Gasteiger charge is 2.42. The molecular weight excluding hydrogens is 266 g/mol. The second-order valence-electron chi connectivity index (χ2n) is 5.96. The van der Waals surface area contributed by atoms with Crippen LogP contribution in [0.15, 0.2) is 43.0 Å². The quantitative estimate of drug-likeness (QED) is 0.781. The second kappa shape index (κ2) is 6.12. The molecule has 0 spiro atoms. The molecule has 0 aliphatic carbocycles. The number of carbonyl (C=O) groups is 2.